The summed E-state index contributed by atoms with van der Waals surface area (Å²) in [6.07, 6.45) is 0. The number of aryl methyl sites for hydroxylation is 1. The molecule has 8 nitrogen and oxygen atoms in total. The summed E-state index contributed by atoms with van der Waals surface area (Å²) in [6.45, 7) is 0. The van der Waals surface area contributed by atoms with Crippen molar-refractivity contribution in [1.29, 1.82) is 0 Å². The molecule has 0 fully saturated rings. The number of non-ortho nitro benzene ring substituents is 1. The third-order valence-electron chi connectivity index (χ3n) is 4.11. The van der Waals surface area contributed by atoms with E-state index in [0.717, 1.165) is 12.1 Å². The fourth-order valence-electron chi connectivity index (χ4n) is 2.64. The molecule has 1 heterocycles. The zero-order chi connectivity index (χ0) is 20.6. The standard InChI is InChI=1S/C17H13F2N2O6P/c1-20-14-7-2-11(17(18,19)28(25)26)8-10(14)9-15(20)16(22)27-13-5-3-12(4-6-13)21(23)24/h2-9,25-26H,1H3. The van der Waals surface area contributed by atoms with Crippen LogP contribution in [0.2, 0.25) is 0 Å². The topological polar surface area (TPSA) is 115 Å². The van der Waals surface area contributed by atoms with Crippen molar-refractivity contribution >= 4 is 30.9 Å². The minimum Gasteiger partial charge on any atom is -0.422 e. The Balaban J connectivity index is 1.91. The maximum absolute atomic E-state index is 13.8. The number of benzene rings is 2. The van der Waals surface area contributed by atoms with Crippen LogP contribution in [0.5, 0.6) is 5.75 Å². The number of ether oxygens (including phenoxy) is 1. The molecule has 11 heteroatoms. The molecule has 0 saturated heterocycles. The number of nitrogens with zero attached hydrogens (tertiary/aromatic N) is 2. The molecule has 2 aromatic carbocycles. The van der Waals surface area contributed by atoms with Gasteiger partial charge in [-0.05, 0) is 30.3 Å². The summed E-state index contributed by atoms with van der Waals surface area (Å²) in [5, 5.41) is 10.9. The number of rotatable bonds is 5. The number of fused-ring (bicyclic) bond motifs is 1. The van der Waals surface area contributed by atoms with Crippen LogP contribution in [-0.2, 0) is 12.7 Å². The molecule has 146 valence electrons. The van der Waals surface area contributed by atoms with Crippen LogP contribution in [0.3, 0.4) is 0 Å². The van der Waals surface area contributed by atoms with Crippen LogP contribution in [0.25, 0.3) is 10.9 Å². The number of carbonyl (C=O) groups is 1. The van der Waals surface area contributed by atoms with Gasteiger partial charge in [0.05, 0.1) is 4.92 Å². The van der Waals surface area contributed by atoms with Gasteiger partial charge in [0.15, 0.2) is 0 Å². The van der Waals surface area contributed by atoms with Gasteiger partial charge in [0.2, 0.25) is 8.38 Å². The highest BCUT2D eigenvalue weighted by Crippen LogP contribution is 2.52. The SMILES string of the molecule is Cn1c(C(=O)Oc2ccc([N+](=O)[O-])cc2)cc2cc(C(F)(F)P(O)O)ccc21. The van der Waals surface area contributed by atoms with Crippen LogP contribution in [0, 0.1) is 10.1 Å². The highest BCUT2D eigenvalue weighted by atomic mass is 31.2. The zero-order valence-electron chi connectivity index (χ0n) is 14.2. The Morgan fingerprint density at radius 3 is 2.39 bits per heavy atom. The largest absolute Gasteiger partial charge is 0.422 e. The minimum atomic E-state index is -3.81. The number of alkyl halides is 2. The maximum atomic E-state index is 13.8. The van der Waals surface area contributed by atoms with Crippen LogP contribution in [0.4, 0.5) is 14.5 Å². The molecule has 0 aliphatic carbocycles. The molecule has 3 aromatic rings. The van der Waals surface area contributed by atoms with Gasteiger partial charge >= 0.3 is 11.6 Å². The lowest BCUT2D eigenvalue weighted by molar-refractivity contribution is -0.384. The lowest BCUT2D eigenvalue weighted by Crippen LogP contribution is -2.12. The summed E-state index contributed by atoms with van der Waals surface area (Å²) in [5.74, 6) is -0.702. The predicted molar refractivity (Wildman–Crippen MR) is 96.2 cm³/mol. The molecule has 0 atom stereocenters. The van der Waals surface area contributed by atoms with Gasteiger partial charge in [-0.3, -0.25) is 10.1 Å². The van der Waals surface area contributed by atoms with Gasteiger partial charge in [-0.2, -0.15) is 8.78 Å². The molecule has 3 rings (SSSR count). The van der Waals surface area contributed by atoms with Crippen LogP contribution < -0.4 is 4.74 Å². The third kappa shape index (κ3) is 3.57. The third-order valence-corrected chi connectivity index (χ3v) is 4.87. The van der Waals surface area contributed by atoms with E-state index in [2.05, 4.69) is 0 Å². The molecule has 0 saturated carbocycles. The Morgan fingerprint density at radius 1 is 1.18 bits per heavy atom. The second kappa shape index (κ2) is 7.23. The monoisotopic (exact) mass is 410 g/mol. The summed E-state index contributed by atoms with van der Waals surface area (Å²) >= 11 is 0. The van der Waals surface area contributed by atoms with Crippen molar-refractivity contribution in [3.8, 4) is 5.75 Å². The van der Waals surface area contributed by atoms with Gasteiger partial charge < -0.3 is 19.1 Å². The highest BCUT2D eigenvalue weighted by molar-refractivity contribution is 7.46. The molecule has 0 radical (unpaired) electrons. The van der Waals surface area contributed by atoms with Crippen molar-refractivity contribution in [2.24, 2.45) is 7.05 Å². The Labute approximate surface area is 157 Å². The lowest BCUT2D eigenvalue weighted by Gasteiger charge is -2.17. The average Bonchev–Trinajstić information content (AvgIpc) is 2.98. The van der Waals surface area contributed by atoms with Gasteiger partial charge in [0.25, 0.3) is 5.69 Å². The Morgan fingerprint density at radius 2 is 1.82 bits per heavy atom. The van der Waals surface area contributed by atoms with Crippen LogP contribution in [0.15, 0.2) is 48.5 Å². The van der Waals surface area contributed by atoms with E-state index in [0.29, 0.717) is 5.52 Å². The first-order valence-corrected chi connectivity index (χ1v) is 8.98. The summed E-state index contributed by atoms with van der Waals surface area (Å²) in [5.41, 5.74) is -4.04. The number of halogens is 2. The van der Waals surface area contributed by atoms with E-state index in [1.165, 1.54) is 48.0 Å². The van der Waals surface area contributed by atoms with E-state index in [-0.39, 0.29) is 22.5 Å². The number of hydrogen-bond acceptors (Lipinski definition) is 6. The number of carbonyl (C=O) groups excluding carboxylic acids is 1. The van der Waals surface area contributed by atoms with Crippen molar-refractivity contribution < 1.29 is 33.0 Å². The first kappa shape index (κ1) is 19.8. The van der Waals surface area contributed by atoms with Crippen molar-refractivity contribution in [2.75, 3.05) is 0 Å². The maximum Gasteiger partial charge on any atom is 0.360 e. The van der Waals surface area contributed by atoms with Gasteiger partial charge in [0.1, 0.15) is 11.4 Å². The first-order valence-electron chi connectivity index (χ1n) is 7.73. The molecule has 0 bridgehead atoms. The normalized spacial score (nSPS) is 11.8. The second-order valence-electron chi connectivity index (χ2n) is 5.83. The molecule has 0 aliphatic rings. The van der Waals surface area contributed by atoms with E-state index in [1.54, 1.807) is 0 Å². The van der Waals surface area contributed by atoms with Crippen molar-refractivity contribution in [2.45, 2.75) is 5.66 Å². The first-order chi connectivity index (χ1) is 13.1. The summed E-state index contributed by atoms with van der Waals surface area (Å²) in [7, 11) is -1.97. The number of hydrogen-bond donors (Lipinski definition) is 2. The number of esters is 1. The number of aromatic nitrogens is 1. The summed E-state index contributed by atoms with van der Waals surface area (Å²) in [4.78, 5) is 40.3. The van der Waals surface area contributed by atoms with Gasteiger partial charge in [0, 0.05) is 35.6 Å². The Kier molecular flexibility index (Phi) is 5.12. The van der Waals surface area contributed by atoms with Gasteiger partial charge in [-0.1, -0.05) is 6.07 Å². The second-order valence-corrected chi connectivity index (χ2v) is 6.97. The highest BCUT2D eigenvalue weighted by Gasteiger charge is 2.41. The van der Waals surface area contributed by atoms with Gasteiger partial charge in [-0.15, -0.1) is 0 Å². The fraction of sp³-hybridized carbons (Fsp3) is 0.118. The molecule has 0 spiro atoms. The summed E-state index contributed by atoms with van der Waals surface area (Å²) < 4.78 is 34.3. The van der Waals surface area contributed by atoms with Crippen LogP contribution >= 0.6 is 8.38 Å². The zero-order valence-corrected chi connectivity index (χ0v) is 15.1. The Bertz CT molecular complexity index is 1070. The average molecular weight is 410 g/mol. The van der Waals surface area contributed by atoms with Crippen LogP contribution in [-0.4, -0.2) is 25.2 Å². The fourth-order valence-corrected chi connectivity index (χ4v) is 3.01. The van der Waals surface area contributed by atoms with E-state index in [4.69, 9.17) is 14.5 Å². The predicted octanol–water partition coefficient (Wildman–Crippen LogP) is 3.65. The molecule has 0 aliphatic heterocycles. The van der Waals surface area contributed by atoms with Crippen molar-refractivity contribution in [3.63, 3.8) is 0 Å². The Hall–Kier alpha value is -2.94. The number of nitro benzene ring substituents is 1. The molecule has 28 heavy (non-hydrogen) atoms. The van der Waals surface area contributed by atoms with E-state index < -0.39 is 30.5 Å². The smallest absolute Gasteiger partial charge is 0.360 e. The van der Waals surface area contributed by atoms with E-state index in [1.807, 2.05) is 0 Å². The molecule has 1 aromatic heterocycles. The number of nitro groups is 1. The van der Waals surface area contributed by atoms with Crippen molar-refractivity contribution in [1.82, 2.24) is 4.57 Å². The van der Waals surface area contributed by atoms with Crippen molar-refractivity contribution in [3.05, 3.63) is 69.9 Å². The summed E-state index contributed by atoms with van der Waals surface area (Å²) in [6, 6.07) is 9.68. The molecular formula is C17H13F2N2O6P. The van der Waals surface area contributed by atoms with E-state index in [9.17, 15) is 23.7 Å². The van der Waals surface area contributed by atoms with Crippen LogP contribution in [0.1, 0.15) is 16.1 Å². The quantitative estimate of drug-likeness (QED) is 0.218. The lowest BCUT2D eigenvalue weighted by atomic mass is 10.1. The molecule has 0 amide bonds. The van der Waals surface area contributed by atoms with E-state index >= 15 is 0 Å². The van der Waals surface area contributed by atoms with Gasteiger partial charge in [-0.25, -0.2) is 4.79 Å². The molecule has 0 unspecified atom stereocenters. The molecule has 2 N–H and O–H groups in total. The molecular weight excluding hydrogens is 397 g/mol. The minimum absolute atomic E-state index is 0.0593.